The van der Waals surface area contributed by atoms with Gasteiger partial charge in [-0.3, -0.25) is 4.79 Å². The predicted molar refractivity (Wildman–Crippen MR) is 125 cm³/mol. The van der Waals surface area contributed by atoms with Crippen LogP contribution in [-0.4, -0.2) is 37.3 Å². The van der Waals surface area contributed by atoms with E-state index in [0.717, 1.165) is 54.4 Å². The first-order valence-electron chi connectivity index (χ1n) is 11.1. The van der Waals surface area contributed by atoms with E-state index < -0.39 is 0 Å². The second-order valence-electron chi connectivity index (χ2n) is 8.55. The Kier molecular flexibility index (Phi) is 7.79. The number of fused-ring (bicyclic) bond motifs is 1. The molecule has 0 unspecified atom stereocenters. The van der Waals surface area contributed by atoms with Crippen LogP contribution in [0.2, 0.25) is 5.02 Å². The molecule has 1 amide bonds. The predicted octanol–water partition coefficient (Wildman–Crippen LogP) is 4.36. The van der Waals surface area contributed by atoms with Crippen molar-refractivity contribution >= 4 is 28.9 Å². The van der Waals surface area contributed by atoms with Gasteiger partial charge in [-0.2, -0.15) is 0 Å². The van der Waals surface area contributed by atoms with Gasteiger partial charge in [0.1, 0.15) is 5.82 Å². The van der Waals surface area contributed by atoms with Gasteiger partial charge in [0.15, 0.2) is 0 Å². The number of nitrogens with one attached hydrogen (secondary N) is 2. The van der Waals surface area contributed by atoms with E-state index in [1.165, 1.54) is 0 Å². The summed E-state index contributed by atoms with van der Waals surface area (Å²) >= 11 is 5.97. The number of rotatable bonds is 12. The molecule has 3 aromatic rings. The summed E-state index contributed by atoms with van der Waals surface area (Å²) in [5.74, 6) is 0.955. The van der Waals surface area contributed by atoms with Crippen molar-refractivity contribution in [2.24, 2.45) is 11.8 Å². The molecule has 2 aromatic carbocycles. The lowest BCUT2D eigenvalue weighted by molar-refractivity contribution is -0.110. The summed E-state index contributed by atoms with van der Waals surface area (Å²) in [6.07, 6.45) is 4.99. The number of aromatic nitrogens is 1. The lowest BCUT2D eigenvalue weighted by Crippen LogP contribution is -2.35. The van der Waals surface area contributed by atoms with Gasteiger partial charge in [-0.1, -0.05) is 23.7 Å². The molecule has 0 saturated heterocycles. The summed E-state index contributed by atoms with van der Waals surface area (Å²) in [5.41, 5.74) is 2.95. The SMILES string of the molecule is O=CNCC1CC(COCCNCc2cc(F)cc3c2ccn3Cc2ccc(Cl)cc2)C1. The van der Waals surface area contributed by atoms with Crippen LogP contribution >= 0.6 is 11.6 Å². The van der Waals surface area contributed by atoms with Gasteiger partial charge < -0.3 is 19.9 Å². The van der Waals surface area contributed by atoms with E-state index in [0.29, 0.717) is 43.1 Å². The van der Waals surface area contributed by atoms with Gasteiger partial charge in [0.25, 0.3) is 0 Å². The molecule has 4 rings (SSSR count). The summed E-state index contributed by atoms with van der Waals surface area (Å²) in [5, 5.41) is 7.87. The zero-order chi connectivity index (χ0) is 22.3. The van der Waals surface area contributed by atoms with Crippen molar-refractivity contribution in [1.29, 1.82) is 0 Å². The fourth-order valence-electron chi connectivity index (χ4n) is 4.41. The lowest BCUT2D eigenvalue weighted by atomic mass is 9.75. The van der Waals surface area contributed by atoms with Gasteiger partial charge in [0, 0.05) is 49.4 Å². The highest BCUT2D eigenvalue weighted by Crippen LogP contribution is 2.33. The van der Waals surface area contributed by atoms with Crippen LogP contribution in [0.1, 0.15) is 24.0 Å². The molecular weight excluding hydrogens is 429 g/mol. The number of carbonyl (C=O) groups is 1. The van der Waals surface area contributed by atoms with Gasteiger partial charge in [-0.05, 0) is 66.1 Å². The summed E-state index contributed by atoms with van der Waals surface area (Å²) in [6.45, 7) is 4.13. The molecule has 0 atom stereocenters. The third-order valence-electron chi connectivity index (χ3n) is 6.12. The van der Waals surface area contributed by atoms with Gasteiger partial charge >= 0.3 is 0 Å². The van der Waals surface area contributed by atoms with E-state index in [1.54, 1.807) is 12.1 Å². The van der Waals surface area contributed by atoms with Gasteiger partial charge in [-0.25, -0.2) is 4.39 Å². The summed E-state index contributed by atoms with van der Waals surface area (Å²) in [6, 6.07) is 13.0. The van der Waals surface area contributed by atoms with Crippen molar-refractivity contribution in [3.63, 3.8) is 0 Å². The molecule has 0 aliphatic heterocycles. The number of hydrogen-bond acceptors (Lipinski definition) is 3. The van der Waals surface area contributed by atoms with E-state index in [-0.39, 0.29) is 5.82 Å². The molecule has 1 aromatic heterocycles. The summed E-state index contributed by atoms with van der Waals surface area (Å²) in [4.78, 5) is 10.3. The van der Waals surface area contributed by atoms with E-state index in [1.807, 2.05) is 36.5 Å². The molecular formula is C25H29ClFN3O2. The summed E-state index contributed by atoms with van der Waals surface area (Å²) < 4.78 is 22.2. The first-order valence-corrected chi connectivity index (χ1v) is 11.5. The van der Waals surface area contributed by atoms with E-state index in [2.05, 4.69) is 15.2 Å². The number of hydrogen-bond donors (Lipinski definition) is 2. The highest BCUT2D eigenvalue weighted by molar-refractivity contribution is 6.30. The Morgan fingerprint density at radius 2 is 1.97 bits per heavy atom. The maximum Gasteiger partial charge on any atom is 0.207 e. The molecule has 5 nitrogen and oxygen atoms in total. The number of carbonyl (C=O) groups excluding carboxylic acids is 1. The number of ether oxygens (including phenoxy) is 1. The molecule has 1 saturated carbocycles. The van der Waals surface area contributed by atoms with Crippen molar-refractivity contribution in [2.75, 3.05) is 26.3 Å². The van der Waals surface area contributed by atoms with Crippen LogP contribution in [-0.2, 0) is 22.6 Å². The normalized spacial score (nSPS) is 17.9. The maximum atomic E-state index is 14.3. The van der Waals surface area contributed by atoms with Gasteiger partial charge in [0.05, 0.1) is 12.1 Å². The molecule has 0 spiro atoms. The van der Waals surface area contributed by atoms with E-state index >= 15 is 0 Å². The molecule has 32 heavy (non-hydrogen) atoms. The van der Waals surface area contributed by atoms with Crippen molar-refractivity contribution in [1.82, 2.24) is 15.2 Å². The minimum absolute atomic E-state index is 0.231. The van der Waals surface area contributed by atoms with Crippen LogP contribution < -0.4 is 10.6 Å². The Morgan fingerprint density at radius 1 is 1.16 bits per heavy atom. The van der Waals surface area contributed by atoms with Crippen molar-refractivity contribution in [3.8, 4) is 0 Å². The fraction of sp³-hybridized carbons (Fsp3) is 0.400. The van der Waals surface area contributed by atoms with Gasteiger partial charge in [0.2, 0.25) is 6.41 Å². The minimum atomic E-state index is -0.231. The van der Waals surface area contributed by atoms with Crippen LogP contribution in [0.4, 0.5) is 4.39 Å². The number of amides is 1. The van der Waals surface area contributed by atoms with Crippen LogP contribution in [0.15, 0.2) is 48.7 Å². The molecule has 170 valence electrons. The van der Waals surface area contributed by atoms with Crippen LogP contribution in [0.25, 0.3) is 10.9 Å². The molecule has 2 N–H and O–H groups in total. The second kappa shape index (κ2) is 10.9. The Hall–Kier alpha value is -2.41. The second-order valence-corrected chi connectivity index (χ2v) is 8.99. The van der Waals surface area contributed by atoms with Crippen LogP contribution in [0.5, 0.6) is 0 Å². The first-order chi connectivity index (χ1) is 15.6. The highest BCUT2D eigenvalue weighted by atomic mass is 35.5. The van der Waals surface area contributed by atoms with Crippen LogP contribution in [0.3, 0.4) is 0 Å². The van der Waals surface area contributed by atoms with E-state index in [9.17, 15) is 9.18 Å². The molecule has 1 aliphatic rings. The molecule has 0 bridgehead atoms. The Balaban J connectivity index is 1.24. The Morgan fingerprint density at radius 3 is 2.75 bits per heavy atom. The third-order valence-corrected chi connectivity index (χ3v) is 6.37. The first kappa shape index (κ1) is 22.8. The number of halogens is 2. The maximum absolute atomic E-state index is 14.3. The van der Waals surface area contributed by atoms with Gasteiger partial charge in [-0.15, -0.1) is 0 Å². The number of nitrogens with zero attached hydrogens (tertiary/aromatic N) is 1. The standard InChI is InChI=1S/C25H29ClFN3O2/c26-22-3-1-18(2-4-22)15-30-7-5-24-21(11-23(27)12-25(24)30)14-28-6-8-32-16-20-9-19(10-20)13-29-17-31/h1-5,7,11-12,17,19-20,28H,6,8-10,13-16H2,(H,29,31). The zero-order valence-corrected chi connectivity index (χ0v) is 18.8. The van der Waals surface area contributed by atoms with Crippen molar-refractivity contribution in [3.05, 3.63) is 70.6 Å². The lowest BCUT2D eigenvalue weighted by Gasteiger charge is -2.34. The largest absolute Gasteiger partial charge is 0.380 e. The smallest absolute Gasteiger partial charge is 0.207 e. The fourth-order valence-corrected chi connectivity index (χ4v) is 4.54. The van der Waals surface area contributed by atoms with Crippen molar-refractivity contribution < 1.29 is 13.9 Å². The Labute approximate surface area is 192 Å². The highest BCUT2D eigenvalue weighted by Gasteiger charge is 2.28. The molecule has 1 heterocycles. The molecule has 1 aliphatic carbocycles. The molecule has 1 fully saturated rings. The monoisotopic (exact) mass is 457 g/mol. The summed E-state index contributed by atoms with van der Waals surface area (Å²) in [7, 11) is 0. The molecule has 7 heteroatoms. The average molecular weight is 458 g/mol. The minimum Gasteiger partial charge on any atom is -0.380 e. The van der Waals surface area contributed by atoms with Crippen molar-refractivity contribution in [2.45, 2.75) is 25.9 Å². The Bertz CT molecular complexity index is 1030. The van der Waals surface area contributed by atoms with E-state index in [4.69, 9.17) is 16.3 Å². The number of benzene rings is 2. The third kappa shape index (κ3) is 5.88. The average Bonchev–Trinajstić information content (AvgIpc) is 3.15. The topological polar surface area (TPSA) is 55.3 Å². The zero-order valence-electron chi connectivity index (χ0n) is 18.0. The molecule has 0 radical (unpaired) electrons. The van der Waals surface area contributed by atoms with Crippen LogP contribution in [0, 0.1) is 17.7 Å². The quantitative estimate of drug-likeness (QED) is 0.314.